The summed E-state index contributed by atoms with van der Waals surface area (Å²) in [6, 6.07) is 0. The van der Waals surface area contributed by atoms with E-state index >= 15 is 0 Å². The van der Waals surface area contributed by atoms with E-state index in [4.69, 9.17) is 0 Å². The third-order valence-electron chi connectivity index (χ3n) is 0. The van der Waals surface area contributed by atoms with Crippen molar-refractivity contribution in [2.45, 2.75) is 0 Å². The Morgan fingerprint density at radius 1 is 0.500 bits per heavy atom. The SMILES string of the molecule is Cl.[H-].[H-].[H-].[H-].[H-].[Na+].[Na+].[Na+].[Na+].[Na+]. The maximum atomic E-state index is 0. The van der Waals surface area contributed by atoms with Gasteiger partial charge in [-0.1, -0.05) is 0 Å². The Hall–Kier alpha value is 5.29. The van der Waals surface area contributed by atoms with Gasteiger partial charge in [-0.25, -0.2) is 0 Å². The van der Waals surface area contributed by atoms with Crippen LogP contribution in [0.3, 0.4) is 0 Å². The monoisotopic (exact) mass is 156 g/mol. The van der Waals surface area contributed by atoms with E-state index in [9.17, 15) is 0 Å². The number of rotatable bonds is 0. The molecule has 0 spiro atoms. The fourth-order valence-corrected chi connectivity index (χ4v) is 0. The molecular formula is H6ClNa5. The van der Waals surface area contributed by atoms with Crippen LogP contribution in [-0.2, 0) is 0 Å². The zero-order valence-corrected chi connectivity index (χ0v) is 16.2. The summed E-state index contributed by atoms with van der Waals surface area (Å²) in [5.41, 5.74) is 0. The van der Waals surface area contributed by atoms with E-state index in [1.54, 1.807) is 0 Å². The molecule has 6 heavy (non-hydrogen) atoms. The van der Waals surface area contributed by atoms with E-state index in [-0.39, 0.29) is 167 Å². The van der Waals surface area contributed by atoms with Gasteiger partial charge in [-0.15, -0.1) is 12.4 Å². The van der Waals surface area contributed by atoms with E-state index in [2.05, 4.69) is 0 Å². The summed E-state index contributed by atoms with van der Waals surface area (Å²) in [6.07, 6.45) is 0. The van der Waals surface area contributed by atoms with Gasteiger partial charge in [-0.3, -0.25) is 0 Å². The van der Waals surface area contributed by atoms with E-state index in [1.807, 2.05) is 0 Å². The predicted octanol–water partition coefficient (Wildman–Crippen LogP) is -14.0. The van der Waals surface area contributed by atoms with E-state index in [0.29, 0.717) is 0 Å². The molecule has 6 heteroatoms. The maximum absolute atomic E-state index is 0. The second kappa shape index (κ2) is 31.7. The fourth-order valence-electron chi connectivity index (χ4n) is 0. The quantitative estimate of drug-likeness (QED) is 0.306. The molecule has 0 N–H and O–H groups in total. The Bertz CT molecular complexity index is 14.8. The van der Waals surface area contributed by atoms with Crippen molar-refractivity contribution in [3.05, 3.63) is 0 Å². The van der Waals surface area contributed by atoms with Gasteiger partial charge in [0, 0.05) is 0 Å². The Morgan fingerprint density at radius 3 is 0.500 bits per heavy atom. The van der Waals surface area contributed by atoms with E-state index in [0.717, 1.165) is 0 Å². The third-order valence-corrected chi connectivity index (χ3v) is 0. The zero-order chi connectivity index (χ0) is 0. The molecule has 0 fully saturated rings. The molecule has 0 amide bonds. The molecule has 0 rings (SSSR count). The van der Waals surface area contributed by atoms with Crippen LogP contribution in [0, 0.1) is 0 Å². The van der Waals surface area contributed by atoms with Gasteiger partial charge in [0.05, 0.1) is 0 Å². The van der Waals surface area contributed by atoms with Gasteiger partial charge < -0.3 is 7.13 Å². The van der Waals surface area contributed by atoms with Crippen LogP contribution in [0.25, 0.3) is 0 Å². The van der Waals surface area contributed by atoms with Gasteiger partial charge in [0.1, 0.15) is 0 Å². The second-order valence-corrected chi connectivity index (χ2v) is 0. The molecule has 0 aromatic rings. The molecule has 0 bridgehead atoms. The molecule has 0 atom stereocenters. The van der Waals surface area contributed by atoms with Crippen molar-refractivity contribution in [3.63, 3.8) is 0 Å². The molecule has 0 aromatic carbocycles. The molecule has 0 aliphatic heterocycles. The summed E-state index contributed by atoms with van der Waals surface area (Å²) in [4.78, 5) is 0. The van der Waals surface area contributed by atoms with Gasteiger partial charge in [-0.2, -0.15) is 0 Å². The molecule has 0 nitrogen and oxygen atoms in total. The van der Waals surface area contributed by atoms with Gasteiger partial charge in [0.15, 0.2) is 0 Å². The van der Waals surface area contributed by atoms with Crippen molar-refractivity contribution >= 4 is 12.4 Å². The van der Waals surface area contributed by atoms with Crippen LogP contribution < -0.4 is 148 Å². The van der Waals surface area contributed by atoms with Crippen LogP contribution in [0.2, 0.25) is 0 Å². The summed E-state index contributed by atoms with van der Waals surface area (Å²) < 4.78 is 0. The summed E-state index contributed by atoms with van der Waals surface area (Å²) in [6.45, 7) is 0. The van der Waals surface area contributed by atoms with Crippen molar-refractivity contribution < 1.29 is 155 Å². The average molecular weight is 156 g/mol. The molecule has 0 aromatic heterocycles. The van der Waals surface area contributed by atoms with Crippen molar-refractivity contribution in [1.29, 1.82) is 0 Å². The Balaban J connectivity index is 0. The van der Waals surface area contributed by atoms with Crippen LogP contribution in [0.4, 0.5) is 0 Å². The van der Waals surface area contributed by atoms with Crippen LogP contribution in [0.1, 0.15) is 7.13 Å². The van der Waals surface area contributed by atoms with Crippen molar-refractivity contribution in [2.75, 3.05) is 0 Å². The van der Waals surface area contributed by atoms with Crippen LogP contribution in [-0.4, -0.2) is 0 Å². The minimum absolute atomic E-state index is 0. The first-order valence-corrected chi connectivity index (χ1v) is 0. The van der Waals surface area contributed by atoms with Gasteiger partial charge >= 0.3 is 148 Å². The number of hydrogen-bond donors (Lipinski definition) is 0. The fraction of sp³-hybridized carbons (Fsp3) is 0. The molecule has 0 saturated carbocycles. The minimum atomic E-state index is 0. The molecule has 0 aliphatic carbocycles. The van der Waals surface area contributed by atoms with E-state index < -0.39 is 0 Å². The normalized spacial score (nSPS) is 0. The maximum Gasteiger partial charge on any atom is 1.00 e. The summed E-state index contributed by atoms with van der Waals surface area (Å²) in [7, 11) is 0. The first-order valence-electron chi connectivity index (χ1n) is 0. The van der Waals surface area contributed by atoms with Crippen molar-refractivity contribution in [1.82, 2.24) is 0 Å². The minimum Gasteiger partial charge on any atom is -1.00 e. The number of hydrogen-bond acceptors (Lipinski definition) is 0. The average Bonchev–Trinajstić information content (AvgIpc) is 0. The molecule has 0 unspecified atom stereocenters. The molecule has 0 heterocycles. The largest absolute Gasteiger partial charge is 1.00 e. The van der Waals surface area contributed by atoms with Gasteiger partial charge in [0.2, 0.25) is 0 Å². The van der Waals surface area contributed by atoms with Crippen LogP contribution in [0.5, 0.6) is 0 Å². The van der Waals surface area contributed by atoms with Crippen molar-refractivity contribution in [2.24, 2.45) is 0 Å². The first kappa shape index (κ1) is 42.7. The molecular weight excluding hydrogens is 150 g/mol. The second-order valence-electron chi connectivity index (χ2n) is 0. The standard InChI is InChI=1S/ClH.5Na.5H/h1H;;;;;;;;;;/q;5*+1;5*-1. The molecule has 0 aliphatic rings. The smallest absolute Gasteiger partial charge is 1.00 e. The topological polar surface area (TPSA) is 0 Å². The molecule has 0 saturated heterocycles. The van der Waals surface area contributed by atoms with Crippen LogP contribution in [0.15, 0.2) is 0 Å². The van der Waals surface area contributed by atoms with E-state index in [1.165, 1.54) is 0 Å². The zero-order valence-electron chi connectivity index (χ0n) is 10.4. The number of halogens is 1. The third kappa shape index (κ3) is 22.8. The summed E-state index contributed by atoms with van der Waals surface area (Å²) in [5.74, 6) is 0. The summed E-state index contributed by atoms with van der Waals surface area (Å²) >= 11 is 0. The molecule has 18 valence electrons. The predicted molar refractivity (Wildman–Crippen MR) is 12.8 cm³/mol. The Kier molecular flexibility index (Phi) is 226. The Labute approximate surface area is 163 Å². The van der Waals surface area contributed by atoms with Crippen molar-refractivity contribution in [3.8, 4) is 0 Å². The van der Waals surface area contributed by atoms with Gasteiger partial charge in [-0.05, 0) is 0 Å². The molecule has 0 radical (unpaired) electrons. The first-order chi connectivity index (χ1) is 0. The summed E-state index contributed by atoms with van der Waals surface area (Å²) in [5, 5.41) is 0. The van der Waals surface area contributed by atoms with Crippen LogP contribution >= 0.6 is 12.4 Å². The van der Waals surface area contributed by atoms with Gasteiger partial charge in [0.25, 0.3) is 0 Å². The Morgan fingerprint density at radius 2 is 0.500 bits per heavy atom.